The summed E-state index contributed by atoms with van der Waals surface area (Å²) in [5.41, 5.74) is -1.43. The molecule has 2 nitrogen and oxygen atoms in total. The number of nitrogens with one attached hydrogen (secondary N) is 1. The number of anilines is 1. The lowest BCUT2D eigenvalue weighted by molar-refractivity contribution is -0.139. The van der Waals surface area contributed by atoms with Crippen LogP contribution in [0.3, 0.4) is 0 Å². The van der Waals surface area contributed by atoms with Crippen LogP contribution in [0.4, 0.5) is 18.9 Å². The first kappa shape index (κ1) is 16.4. The van der Waals surface area contributed by atoms with E-state index in [1.54, 1.807) is 0 Å². The van der Waals surface area contributed by atoms with Crippen molar-refractivity contribution in [1.29, 1.82) is 0 Å². The highest BCUT2D eigenvalue weighted by Crippen LogP contribution is 2.64. The molecule has 4 aliphatic rings. The molecule has 0 aromatic heterocycles. The van der Waals surface area contributed by atoms with E-state index >= 15 is 0 Å². The second kappa shape index (κ2) is 5.23. The quantitative estimate of drug-likeness (QED) is 0.662. The Morgan fingerprint density at radius 1 is 1.12 bits per heavy atom. The molecular formula is C18H19BrF3NO. The molecule has 0 heterocycles. The number of halogens is 4. The second-order valence-electron chi connectivity index (χ2n) is 7.89. The van der Waals surface area contributed by atoms with Crippen molar-refractivity contribution in [3.8, 4) is 0 Å². The molecule has 130 valence electrons. The predicted octanol–water partition coefficient (Wildman–Crippen LogP) is 5.38. The molecule has 4 aliphatic carbocycles. The van der Waals surface area contributed by atoms with Gasteiger partial charge in [0.1, 0.15) is 0 Å². The Balaban J connectivity index is 1.62. The predicted molar refractivity (Wildman–Crippen MR) is 88.8 cm³/mol. The zero-order valence-electron chi connectivity index (χ0n) is 13.1. The first-order valence-corrected chi connectivity index (χ1v) is 9.15. The molecule has 5 rings (SSSR count). The van der Waals surface area contributed by atoms with Crippen molar-refractivity contribution in [2.24, 2.45) is 17.3 Å². The minimum atomic E-state index is -4.47. The van der Waals surface area contributed by atoms with Gasteiger partial charge in [-0.1, -0.05) is 28.1 Å². The van der Waals surface area contributed by atoms with Gasteiger partial charge in [-0.2, -0.15) is 13.2 Å². The maximum absolute atomic E-state index is 13.2. The first-order chi connectivity index (χ1) is 11.2. The minimum Gasteiger partial charge on any atom is -0.325 e. The average molecular weight is 402 g/mol. The lowest BCUT2D eigenvalue weighted by atomic mass is 9.49. The molecule has 1 aromatic rings. The van der Waals surface area contributed by atoms with E-state index in [1.165, 1.54) is 18.2 Å². The maximum Gasteiger partial charge on any atom is 0.418 e. The molecule has 24 heavy (non-hydrogen) atoms. The highest BCUT2D eigenvalue weighted by molar-refractivity contribution is 9.10. The van der Waals surface area contributed by atoms with Gasteiger partial charge in [-0.15, -0.1) is 0 Å². The molecular weight excluding hydrogens is 383 g/mol. The van der Waals surface area contributed by atoms with Crippen LogP contribution < -0.4 is 5.32 Å². The Morgan fingerprint density at radius 2 is 1.75 bits per heavy atom. The van der Waals surface area contributed by atoms with Gasteiger partial charge in [0.2, 0.25) is 5.91 Å². The fourth-order valence-corrected chi connectivity index (χ4v) is 6.96. The molecule has 0 saturated heterocycles. The summed E-state index contributed by atoms with van der Waals surface area (Å²) >= 11 is 3.83. The molecule has 1 amide bonds. The van der Waals surface area contributed by atoms with Crippen LogP contribution in [-0.4, -0.2) is 10.2 Å². The van der Waals surface area contributed by atoms with Crippen LogP contribution in [0.2, 0.25) is 0 Å². The lowest BCUT2D eigenvalue weighted by Crippen LogP contribution is -2.57. The highest BCUT2D eigenvalue weighted by Gasteiger charge is 2.59. The van der Waals surface area contributed by atoms with E-state index in [-0.39, 0.29) is 15.9 Å². The Morgan fingerprint density at radius 3 is 2.33 bits per heavy atom. The van der Waals surface area contributed by atoms with Gasteiger partial charge in [0, 0.05) is 4.32 Å². The average Bonchev–Trinajstić information content (AvgIpc) is 2.44. The van der Waals surface area contributed by atoms with Crippen molar-refractivity contribution in [1.82, 2.24) is 0 Å². The van der Waals surface area contributed by atoms with Crippen LogP contribution in [-0.2, 0) is 11.0 Å². The van der Waals surface area contributed by atoms with Gasteiger partial charge in [-0.05, 0) is 62.5 Å². The van der Waals surface area contributed by atoms with Gasteiger partial charge >= 0.3 is 6.18 Å². The van der Waals surface area contributed by atoms with Crippen LogP contribution in [0.15, 0.2) is 24.3 Å². The Kier molecular flexibility index (Phi) is 3.58. The number of para-hydroxylation sites is 1. The third-order valence-electron chi connectivity index (χ3n) is 5.95. The number of alkyl halides is 4. The third-order valence-corrected chi connectivity index (χ3v) is 6.88. The number of amides is 1. The molecule has 4 bridgehead atoms. The number of carbonyl (C=O) groups is 1. The summed E-state index contributed by atoms with van der Waals surface area (Å²) in [4.78, 5) is 13.0. The maximum atomic E-state index is 13.2. The largest absolute Gasteiger partial charge is 0.418 e. The van der Waals surface area contributed by atoms with Crippen molar-refractivity contribution >= 4 is 27.5 Å². The van der Waals surface area contributed by atoms with Gasteiger partial charge < -0.3 is 5.32 Å². The summed E-state index contributed by atoms with van der Waals surface area (Å²) in [5.74, 6) is 0.778. The zero-order valence-corrected chi connectivity index (χ0v) is 14.7. The summed E-state index contributed by atoms with van der Waals surface area (Å²) in [6, 6.07) is 5.22. The lowest BCUT2D eigenvalue weighted by Gasteiger charge is -2.59. The van der Waals surface area contributed by atoms with Crippen LogP contribution in [0, 0.1) is 17.3 Å². The fraction of sp³-hybridized carbons (Fsp3) is 0.611. The molecule has 1 N–H and O–H groups in total. The van der Waals surface area contributed by atoms with Crippen LogP contribution >= 0.6 is 15.9 Å². The molecule has 0 spiro atoms. The smallest absolute Gasteiger partial charge is 0.325 e. The van der Waals surface area contributed by atoms with Gasteiger partial charge in [0.15, 0.2) is 0 Å². The van der Waals surface area contributed by atoms with Crippen LogP contribution in [0.1, 0.15) is 44.1 Å². The minimum absolute atomic E-state index is 0.00202. The number of benzene rings is 1. The Bertz CT molecular complexity index is 673. The second-order valence-corrected chi connectivity index (χ2v) is 9.57. The number of carbonyl (C=O) groups excluding carboxylic acids is 1. The third kappa shape index (κ3) is 2.67. The van der Waals surface area contributed by atoms with Crippen molar-refractivity contribution in [2.75, 3.05) is 5.32 Å². The molecule has 0 aliphatic heterocycles. The van der Waals surface area contributed by atoms with E-state index < -0.39 is 17.2 Å². The first-order valence-electron chi connectivity index (χ1n) is 8.36. The van der Waals surface area contributed by atoms with Gasteiger partial charge in [0.25, 0.3) is 0 Å². The van der Waals surface area contributed by atoms with Gasteiger partial charge in [0.05, 0.1) is 16.7 Å². The van der Waals surface area contributed by atoms with Crippen molar-refractivity contribution in [2.45, 2.75) is 49.0 Å². The number of hydrogen-bond donors (Lipinski definition) is 1. The molecule has 2 atom stereocenters. The van der Waals surface area contributed by atoms with E-state index in [9.17, 15) is 18.0 Å². The van der Waals surface area contributed by atoms with E-state index in [1.807, 2.05) is 0 Å². The topological polar surface area (TPSA) is 29.1 Å². The highest BCUT2D eigenvalue weighted by atomic mass is 79.9. The number of rotatable bonds is 2. The van der Waals surface area contributed by atoms with Crippen LogP contribution in [0.5, 0.6) is 0 Å². The summed E-state index contributed by atoms with van der Waals surface area (Å²) in [6.45, 7) is 0. The van der Waals surface area contributed by atoms with Gasteiger partial charge in [-0.25, -0.2) is 0 Å². The molecule has 1 aromatic carbocycles. The number of hydrogen-bond acceptors (Lipinski definition) is 1. The SMILES string of the molecule is O=C(Nc1ccccc1C(F)(F)F)C12C[C@H]3C[C@@H](CC(Br)(C3)C1)C2. The standard InChI is InChI=1S/C18H19BrF3NO/c19-17-8-11-5-12(9-17)7-16(6-11,10-17)15(24)23-14-4-2-1-3-13(14)18(20,21)22/h1-4,11-12H,5-10H2,(H,23,24)/t11-,12-,16?,17?/m1/s1. The van der Waals surface area contributed by atoms with Crippen molar-refractivity contribution < 1.29 is 18.0 Å². The Labute approximate surface area is 147 Å². The van der Waals surface area contributed by atoms with Gasteiger partial charge in [-0.3, -0.25) is 4.79 Å². The van der Waals surface area contributed by atoms with E-state index in [4.69, 9.17) is 0 Å². The molecule has 0 radical (unpaired) electrons. The summed E-state index contributed by atoms with van der Waals surface area (Å²) in [5, 5.41) is 2.61. The zero-order chi connectivity index (χ0) is 17.2. The summed E-state index contributed by atoms with van der Waals surface area (Å²) < 4.78 is 39.5. The van der Waals surface area contributed by atoms with E-state index in [0.29, 0.717) is 11.8 Å². The normalized spacial score (nSPS) is 37.5. The molecule has 6 heteroatoms. The monoisotopic (exact) mass is 401 g/mol. The van der Waals surface area contributed by atoms with Crippen LogP contribution in [0.25, 0.3) is 0 Å². The molecule has 4 saturated carbocycles. The van der Waals surface area contributed by atoms with E-state index in [0.717, 1.165) is 44.6 Å². The van der Waals surface area contributed by atoms with E-state index in [2.05, 4.69) is 21.2 Å². The van der Waals surface area contributed by atoms with Crippen molar-refractivity contribution in [3.63, 3.8) is 0 Å². The fourth-order valence-electron chi connectivity index (χ4n) is 5.51. The molecule has 0 unspecified atom stereocenters. The molecule has 4 fully saturated rings. The Hall–Kier alpha value is -1.04. The summed E-state index contributed by atoms with van der Waals surface area (Å²) in [6.07, 6.45) is 1.18. The summed E-state index contributed by atoms with van der Waals surface area (Å²) in [7, 11) is 0. The van der Waals surface area contributed by atoms with Crippen molar-refractivity contribution in [3.05, 3.63) is 29.8 Å².